The standard InChI is InChI=1S/C12H15N3O3/c1-8-9(13)3-2-4-10(8)14-11(16)7-15-5-6-18-12(15)17/h2-4H,5-7,13H2,1H3,(H,14,16). The third kappa shape index (κ3) is 2.53. The summed E-state index contributed by atoms with van der Waals surface area (Å²) >= 11 is 0. The number of anilines is 2. The van der Waals surface area contributed by atoms with Crippen LogP contribution in [0.4, 0.5) is 16.2 Å². The van der Waals surface area contributed by atoms with Crippen LogP contribution in [0.15, 0.2) is 18.2 Å². The molecule has 1 heterocycles. The van der Waals surface area contributed by atoms with Crippen LogP contribution in [-0.4, -0.2) is 36.6 Å². The molecule has 96 valence electrons. The third-order valence-electron chi connectivity index (χ3n) is 2.83. The first-order chi connectivity index (χ1) is 8.58. The van der Waals surface area contributed by atoms with Crippen LogP contribution in [0.1, 0.15) is 5.56 Å². The number of amides is 2. The molecule has 0 aliphatic carbocycles. The molecule has 0 radical (unpaired) electrons. The van der Waals surface area contributed by atoms with Crippen LogP contribution in [0.2, 0.25) is 0 Å². The number of benzene rings is 1. The maximum atomic E-state index is 11.8. The number of ether oxygens (including phenoxy) is 1. The SMILES string of the molecule is Cc1c(N)cccc1NC(=O)CN1CCOC1=O. The van der Waals surface area contributed by atoms with Gasteiger partial charge in [0.2, 0.25) is 5.91 Å². The second kappa shape index (κ2) is 4.95. The molecule has 0 aromatic heterocycles. The van der Waals surface area contributed by atoms with Gasteiger partial charge in [-0.3, -0.25) is 9.69 Å². The van der Waals surface area contributed by atoms with E-state index in [9.17, 15) is 9.59 Å². The number of nitrogens with one attached hydrogen (secondary N) is 1. The molecule has 2 rings (SSSR count). The van der Waals surface area contributed by atoms with E-state index in [1.807, 2.05) is 6.92 Å². The van der Waals surface area contributed by atoms with E-state index in [2.05, 4.69) is 5.32 Å². The van der Waals surface area contributed by atoms with Crippen molar-refractivity contribution in [3.05, 3.63) is 23.8 Å². The third-order valence-corrected chi connectivity index (χ3v) is 2.83. The van der Waals surface area contributed by atoms with E-state index < -0.39 is 6.09 Å². The van der Waals surface area contributed by atoms with Crippen molar-refractivity contribution in [1.29, 1.82) is 0 Å². The summed E-state index contributed by atoms with van der Waals surface area (Å²) in [5.41, 5.74) is 7.84. The summed E-state index contributed by atoms with van der Waals surface area (Å²) in [5, 5.41) is 2.73. The summed E-state index contributed by atoms with van der Waals surface area (Å²) in [5.74, 6) is -0.262. The Bertz CT molecular complexity index is 487. The van der Waals surface area contributed by atoms with Crippen molar-refractivity contribution >= 4 is 23.4 Å². The van der Waals surface area contributed by atoms with Crippen molar-refractivity contribution in [1.82, 2.24) is 4.90 Å². The Labute approximate surface area is 105 Å². The molecule has 2 amide bonds. The lowest BCUT2D eigenvalue weighted by Gasteiger charge is -2.14. The molecular weight excluding hydrogens is 234 g/mol. The number of hydrogen-bond donors (Lipinski definition) is 2. The van der Waals surface area contributed by atoms with Gasteiger partial charge in [0.05, 0.1) is 6.54 Å². The summed E-state index contributed by atoms with van der Waals surface area (Å²) in [7, 11) is 0. The number of carbonyl (C=O) groups excluding carboxylic acids is 2. The first-order valence-electron chi connectivity index (χ1n) is 5.64. The number of carbonyl (C=O) groups is 2. The van der Waals surface area contributed by atoms with Crippen molar-refractivity contribution in [2.24, 2.45) is 0 Å². The summed E-state index contributed by atoms with van der Waals surface area (Å²) in [6, 6.07) is 5.30. The molecule has 1 aromatic carbocycles. The summed E-state index contributed by atoms with van der Waals surface area (Å²) < 4.78 is 4.75. The number of cyclic esters (lactones) is 1. The lowest BCUT2D eigenvalue weighted by molar-refractivity contribution is -0.116. The van der Waals surface area contributed by atoms with Gasteiger partial charge >= 0.3 is 6.09 Å². The quantitative estimate of drug-likeness (QED) is 0.782. The van der Waals surface area contributed by atoms with Crippen LogP contribution < -0.4 is 11.1 Å². The van der Waals surface area contributed by atoms with Crippen molar-refractivity contribution in [2.75, 3.05) is 30.7 Å². The van der Waals surface area contributed by atoms with Crippen LogP contribution in [0.25, 0.3) is 0 Å². The maximum Gasteiger partial charge on any atom is 0.410 e. The molecule has 0 atom stereocenters. The second-order valence-electron chi connectivity index (χ2n) is 4.10. The molecule has 1 aliphatic rings. The van der Waals surface area contributed by atoms with Gasteiger partial charge in [-0.2, -0.15) is 0 Å². The van der Waals surface area contributed by atoms with E-state index in [1.54, 1.807) is 18.2 Å². The van der Waals surface area contributed by atoms with E-state index in [0.717, 1.165) is 5.56 Å². The van der Waals surface area contributed by atoms with Crippen LogP contribution in [0.3, 0.4) is 0 Å². The fourth-order valence-corrected chi connectivity index (χ4v) is 1.72. The normalized spacial score (nSPS) is 14.5. The van der Waals surface area contributed by atoms with E-state index >= 15 is 0 Å². The molecule has 18 heavy (non-hydrogen) atoms. The number of nitrogens with zero attached hydrogens (tertiary/aromatic N) is 1. The van der Waals surface area contributed by atoms with Crippen LogP contribution in [0, 0.1) is 6.92 Å². The summed E-state index contributed by atoms with van der Waals surface area (Å²) in [4.78, 5) is 24.3. The molecule has 0 bridgehead atoms. The number of nitrogen functional groups attached to an aromatic ring is 1. The Hall–Kier alpha value is -2.24. The van der Waals surface area contributed by atoms with E-state index in [1.165, 1.54) is 4.90 Å². The minimum atomic E-state index is -0.450. The molecule has 1 aliphatic heterocycles. The first kappa shape index (κ1) is 12.2. The minimum Gasteiger partial charge on any atom is -0.448 e. The molecule has 3 N–H and O–H groups in total. The highest BCUT2D eigenvalue weighted by molar-refractivity contribution is 5.95. The van der Waals surface area contributed by atoms with E-state index in [4.69, 9.17) is 10.5 Å². The van der Waals surface area contributed by atoms with Gasteiger partial charge in [0.15, 0.2) is 0 Å². The molecule has 1 fully saturated rings. The van der Waals surface area contributed by atoms with E-state index in [-0.39, 0.29) is 12.5 Å². The highest BCUT2D eigenvalue weighted by atomic mass is 16.6. The zero-order valence-corrected chi connectivity index (χ0v) is 10.1. The van der Waals surface area contributed by atoms with Crippen LogP contribution >= 0.6 is 0 Å². The average Bonchev–Trinajstić information content (AvgIpc) is 2.71. The van der Waals surface area contributed by atoms with Crippen molar-refractivity contribution in [2.45, 2.75) is 6.92 Å². The zero-order chi connectivity index (χ0) is 13.1. The number of rotatable bonds is 3. The lowest BCUT2D eigenvalue weighted by Crippen LogP contribution is -2.33. The molecule has 6 nitrogen and oxygen atoms in total. The van der Waals surface area contributed by atoms with Gasteiger partial charge in [0.25, 0.3) is 0 Å². The largest absolute Gasteiger partial charge is 0.448 e. The summed E-state index contributed by atoms with van der Waals surface area (Å²) in [6.45, 7) is 2.60. The van der Waals surface area contributed by atoms with Crippen molar-refractivity contribution in [3.63, 3.8) is 0 Å². The fraction of sp³-hybridized carbons (Fsp3) is 0.333. The van der Waals surface area contributed by atoms with Gasteiger partial charge in [-0.25, -0.2) is 4.79 Å². The summed E-state index contributed by atoms with van der Waals surface area (Å²) in [6.07, 6.45) is -0.450. The van der Waals surface area contributed by atoms with Gasteiger partial charge in [-0.1, -0.05) is 6.07 Å². The number of hydrogen-bond acceptors (Lipinski definition) is 4. The zero-order valence-electron chi connectivity index (χ0n) is 10.1. The van der Waals surface area contributed by atoms with E-state index in [0.29, 0.717) is 24.5 Å². The van der Waals surface area contributed by atoms with Crippen LogP contribution in [0.5, 0.6) is 0 Å². The van der Waals surface area contributed by atoms with Crippen molar-refractivity contribution < 1.29 is 14.3 Å². The minimum absolute atomic E-state index is 0.00687. The Balaban J connectivity index is 1.99. The average molecular weight is 249 g/mol. The molecule has 0 saturated carbocycles. The highest BCUT2D eigenvalue weighted by Gasteiger charge is 2.24. The molecule has 6 heteroatoms. The second-order valence-corrected chi connectivity index (χ2v) is 4.10. The lowest BCUT2D eigenvalue weighted by atomic mass is 10.1. The molecule has 1 saturated heterocycles. The number of nitrogens with two attached hydrogens (primary N) is 1. The molecule has 0 spiro atoms. The van der Waals surface area contributed by atoms with Gasteiger partial charge < -0.3 is 15.8 Å². The first-order valence-corrected chi connectivity index (χ1v) is 5.64. The highest BCUT2D eigenvalue weighted by Crippen LogP contribution is 2.20. The predicted molar refractivity (Wildman–Crippen MR) is 67.1 cm³/mol. The smallest absolute Gasteiger partial charge is 0.410 e. The Morgan fingerprint density at radius 2 is 2.33 bits per heavy atom. The molecular formula is C12H15N3O3. The Kier molecular flexibility index (Phi) is 3.36. The van der Waals surface area contributed by atoms with Gasteiger partial charge in [-0.15, -0.1) is 0 Å². The van der Waals surface area contributed by atoms with Gasteiger partial charge in [0.1, 0.15) is 13.2 Å². The molecule has 0 unspecified atom stereocenters. The van der Waals surface area contributed by atoms with Crippen molar-refractivity contribution in [3.8, 4) is 0 Å². The van der Waals surface area contributed by atoms with Gasteiger partial charge in [0, 0.05) is 11.4 Å². The fourth-order valence-electron chi connectivity index (χ4n) is 1.72. The molecule has 1 aromatic rings. The van der Waals surface area contributed by atoms with Crippen LogP contribution in [-0.2, 0) is 9.53 Å². The monoisotopic (exact) mass is 249 g/mol. The topological polar surface area (TPSA) is 84.7 Å². The maximum absolute atomic E-state index is 11.8. The Morgan fingerprint density at radius 1 is 1.56 bits per heavy atom. The Morgan fingerprint density at radius 3 is 3.00 bits per heavy atom. The van der Waals surface area contributed by atoms with Gasteiger partial charge in [-0.05, 0) is 24.6 Å². The predicted octanol–water partition coefficient (Wildman–Crippen LogP) is 0.968.